The third-order valence-electron chi connectivity index (χ3n) is 6.51. The summed E-state index contributed by atoms with van der Waals surface area (Å²) >= 11 is 0. The summed E-state index contributed by atoms with van der Waals surface area (Å²) in [6.07, 6.45) is 10.9. The minimum Gasteiger partial charge on any atom is -0.395 e. The Morgan fingerprint density at radius 3 is 2.33 bits per heavy atom. The molecule has 5 heteroatoms. The predicted molar refractivity (Wildman–Crippen MR) is 95.9 cm³/mol. The first kappa shape index (κ1) is 18.2. The topological polar surface area (TPSA) is 47.0 Å². The molecule has 3 rings (SSSR count). The Bertz CT molecular complexity index is 411. The molecule has 1 saturated carbocycles. The summed E-state index contributed by atoms with van der Waals surface area (Å²) in [5.41, 5.74) is 0. The molecular formula is C19H35N3O2. The largest absolute Gasteiger partial charge is 0.395 e. The molecule has 0 bridgehead atoms. The zero-order chi connectivity index (χ0) is 16.9. The van der Waals surface area contributed by atoms with Gasteiger partial charge < -0.3 is 10.0 Å². The molecule has 2 atom stereocenters. The lowest BCUT2D eigenvalue weighted by Gasteiger charge is -2.35. The second-order valence-electron chi connectivity index (χ2n) is 8.04. The van der Waals surface area contributed by atoms with Gasteiger partial charge in [0, 0.05) is 31.7 Å². The van der Waals surface area contributed by atoms with Gasteiger partial charge in [0.15, 0.2) is 0 Å². The van der Waals surface area contributed by atoms with Crippen molar-refractivity contribution in [2.45, 2.75) is 75.9 Å². The van der Waals surface area contributed by atoms with E-state index in [9.17, 15) is 9.90 Å². The molecule has 138 valence electrons. The van der Waals surface area contributed by atoms with Gasteiger partial charge in [-0.25, -0.2) is 0 Å². The SMILES string of the molecule is CN(C(=O)CN1CCCC1CN1CCCC1CO)C1CCCCC1. The van der Waals surface area contributed by atoms with Gasteiger partial charge in [-0.2, -0.15) is 0 Å². The maximum atomic E-state index is 12.7. The Balaban J connectivity index is 1.50. The van der Waals surface area contributed by atoms with Crippen LogP contribution in [0.5, 0.6) is 0 Å². The van der Waals surface area contributed by atoms with Crippen LogP contribution in [-0.2, 0) is 4.79 Å². The number of aliphatic hydroxyl groups is 1. The van der Waals surface area contributed by atoms with Crippen LogP contribution in [0.3, 0.4) is 0 Å². The quantitative estimate of drug-likeness (QED) is 0.801. The van der Waals surface area contributed by atoms with Crippen LogP contribution in [0.25, 0.3) is 0 Å². The normalized spacial score (nSPS) is 30.1. The summed E-state index contributed by atoms with van der Waals surface area (Å²) in [5, 5.41) is 9.52. The van der Waals surface area contributed by atoms with Gasteiger partial charge in [-0.3, -0.25) is 14.6 Å². The van der Waals surface area contributed by atoms with Crippen LogP contribution in [0.15, 0.2) is 0 Å². The molecule has 1 aliphatic carbocycles. The van der Waals surface area contributed by atoms with Crippen molar-refractivity contribution in [1.82, 2.24) is 14.7 Å². The van der Waals surface area contributed by atoms with Crippen molar-refractivity contribution in [3.63, 3.8) is 0 Å². The van der Waals surface area contributed by atoms with Gasteiger partial charge in [0.1, 0.15) is 0 Å². The number of likely N-dealkylation sites (N-methyl/N-ethyl adjacent to an activating group) is 1. The Hall–Kier alpha value is -0.650. The molecule has 0 aromatic carbocycles. The molecule has 2 aliphatic heterocycles. The second-order valence-corrected chi connectivity index (χ2v) is 8.04. The lowest BCUT2D eigenvalue weighted by Crippen LogP contribution is -2.48. The van der Waals surface area contributed by atoms with Gasteiger partial charge in [-0.1, -0.05) is 19.3 Å². The van der Waals surface area contributed by atoms with Crippen molar-refractivity contribution in [3.05, 3.63) is 0 Å². The lowest BCUT2D eigenvalue weighted by atomic mass is 9.94. The maximum absolute atomic E-state index is 12.7. The monoisotopic (exact) mass is 337 g/mol. The van der Waals surface area contributed by atoms with Gasteiger partial charge in [0.2, 0.25) is 5.91 Å². The van der Waals surface area contributed by atoms with Crippen molar-refractivity contribution in [3.8, 4) is 0 Å². The minimum atomic E-state index is 0.274. The summed E-state index contributed by atoms with van der Waals surface area (Å²) in [6.45, 7) is 4.02. The van der Waals surface area contributed by atoms with Crippen molar-refractivity contribution in [2.24, 2.45) is 0 Å². The van der Waals surface area contributed by atoms with Crippen molar-refractivity contribution in [2.75, 3.05) is 39.8 Å². The van der Waals surface area contributed by atoms with E-state index < -0.39 is 0 Å². The fraction of sp³-hybridized carbons (Fsp3) is 0.947. The van der Waals surface area contributed by atoms with Gasteiger partial charge in [0.25, 0.3) is 0 Å². The lowest BCUT2D eigenvalue weighted by molar-refractivity contribution is -0.134. The second kappa shape index (κ2) is 8.63. The van der Waals surface area contributed by atoms with Crippen LogP contribution < -0.4 is 0 Å². The third-order valence-corrected chi connectivity index (χ3v) is 6.51. The zero-order valence-corrected chi connectivity index (χ0v) is 15.3. The van der Waals surface area contributed by atoms with Crippen molar-refractivity contribution >= 4 is 5.91 Å². The van der Waals surface area contributed by atoms with E-state index in [1.807, 2.05) is 11.9 Å². The third kappa shape index (κ3) is 4.30. The molecule has 3 aliphatic rings. The Kier molecular flexibility index (Phi) is 6.53. The van der Waals surface area contributed by atoms with Crippen molar-refractivity contribution in [1.29, 1.82) is 0 Å². The Morgan fingerprint density at radius 2 is 1.62 bits per heavy atom. The molecule has 0 aromatic heterocycles. The molecule has 2 heterocycles. The summed E-state index contributed by atoms with van der Waals surface area (Å²) < 4.78 is 0. The summed E-state index contributed by atoms with van der Waals surface area (Å²) in [6, 6.07) is 1.29. The first-order chi connectivity index (χ1) is 11.7. The van der Waals surface area contributed by atoms with E-state index >= 15 is 0 Å². The number of carbonyl (C=O) groups excluding carboxylic acids is 1. The summed E-state index contributed by atoms with van der Waals surface area (Å²) in [5.74, 6) is 0.300. The molecule has 5 nitrogen and oxygen atoms in total. The number of rotatable bonds is 6. The molecule has 0 aromatic rings. The smallest absolute Gasteiger partial charge is 0.236 e. The number of nitrogens with zero attached hydrogens (tertiary/aromatic N) is 3. The standard InChI is InChI=1S/C19H35N3O2/c1-20(16-7-3-2-4-8-16)19(24)14-22-12-5-9-17(22)13-21-11-6-10-18(21)15-23/h16-18,23H,2-15H2,1H3. The van der Waals surface area contributed by atoms with Crippen LogP contribution in [-0.4, -0.2) is 83.7 Å². The molecule has 1 amide bonds. The molecule has 0 radical (unpaired) electrons. The van der Waals surface area contributed by atoms with E-state index in [0.29, 0.717) is 30.6 Å². The van der Waals surface area contributed by atoms with E-state index in [2.05, 4.69) is 9.80 Å². The van der Waals surface area contributed by atoms with E-state index in [4.69, 9.17) is 0 Å². The minimum absolute atomic E-state index is 0.274. The summed E-state index contributed by atoms with van der Waals surface area (Å²) in [4.78, 5) is 19.6. The van der Waals surface area contributed by atoms with Crippen LogP contribution in [0, 0.1) is 0 Å². The van der Waals surface area contributed by atoms with Crippen LogP contribution in [0.2, 0.25) is 0 Å². The van der Waals surface area contributed by atoms with E-state index in [-0.39, 0.29) is 6.61 Å². The number of hydrogen-bond donors (Lipinski definition) is 1. The highest BCUT2D eigenvalue weighted by Gasteiger charge is 2.33. The number of hydrogen-bond acceptors (Lipinski definition) is 4. The zero-order valence-electron chi connectivity index (χ0n) is 15.3. The number of aliphatic hydroxyl groups excluding tert-OH is 1. The van der Waals surface area contributed by atoms with Gasteiger partial charge >= 0.3 is 0 Å². The average Bonchev–Trinajstić information content (AvgIpc) is 3.24. The number of carbonyl (C=O) groups is 1. The highest BCUT2D eigenvalue weighted by atomic mass is 16.3. The van der Waals surface area contributed by atoms with Gasteiger partial charge in [0.05, 0.1) is 13.2 Å². The first-order valence-corrected chi connectivity index (χ1v) is 10.0. The van der Waals surface area contributed by atoms with Gasteiger partial charge in [-0.15, -0.1) is 0 Å². The molecule has 2 saturated heterocycles. The first-order valence-electron chi connectivity index (χ1n) is 10.0. The van der Waals surface area contributed by atoms with E-state index in [1.165, 1.54) is 51.4 Å². The molecule has 2 unspecified atom stereocenters. The molecule has 0 spiro atoms. The van der Waals surface area contributed by atoms with Crippen LogP contribution in [0.1, 0.15) is 57.8 Å². The van der Waals surface area contributed by atoms with Gasteiger partial charge in [-0.05, 0) is 51.6 Å². The molecule has 24 heavy (non-hydrogen) atoms. The Morgan fingerprint density at radius 1 is 0.958 bits per heavy atom. The fourth-order valence-electron chi connectivity index (χ4n) is 4.88. The number of likely N-dealkylation sites (tertiary alicyclic amines) is 2. The molecular weight excluding hydrogens is 302 g/mol. The van der Waals surface area contributed by atoms with Crippen LogP contribution >= 0.6 is 0 Å². The highest BCUT2D eigenvalue weighted by Crippen LogP contribution is 2.25. The van der Waals surface area contributed by atoms with E-state index in [0.717, 1.165) is 26.1 Å². The van der Waals surface area contributed by atoms with Crippen molar-refractivity contribution < 1.29 is 9.90 Å². The average molecular weight is 338 g/mol. The molecule has 1 N–H and O–H groups in total. The highest BCUT2D eigenvalue weighted by molar-refractivity contribution is 5.78. The van der Waals surface area contributed by atoms with E-state index in [1.54, 1.807) is 0 Å². The Labute approximate surface area is 147 Å². The molecule has 3 fully saturated rings. The number of amides is 1. The predicted octanol–water partition coefficient (Wildman–Crippen LogP) is 1.70. The van der Waals surface area contributed by atoms with Crippen LogP contribution in [0.4, 0.5) is 0 Å². The maximum Gasteiger partial charge on any atom is 0.236 e. The fourth-order valence-corrected chi connectivity index (χ4v) is 4.88. The summed E-state index contributed by atoms with van der Waals surface area (Å²) in [7, 11) is 2.01.